The Morgan fingerprint density at radius 1 is 0.871 bits per heavy atom. The van der Waals surface area contributed by atoms with Gasteiger partial charge in [-0.3, -0.25) is 0 Å². The minimum absolute atomic E-state index is 0.361. The second-order valence-corrected chi connectivity index (χ2v) is 8.69. The highest BCUT2D eigenvalue weighted by Gasteiger charge is 2.15. The van der Waals surface area contributed by atoms with Crippen molar-refractivity contribution in [1.29, 1.82) is 0 Å². The van der Waals surface area contributed by atoms with Crippen LogP contribution in [-0.4, -0.2) is 23.0 Å². The Labute approximate surface area is 190 Å². The molecule has 0 aliphatic carbocycles. The van der Waals surface area contributed by atoms with Gasteiger partial charge in [-0.15, -0.1) is 11.8 Å². The first kappa shape index (κ1) is 21.2. The molecule has 0 amide bonds. The van der Waals surface area contributed by atoms with E-state index < -0.39 is 0 Å². The van der Waals surface area contributed by atoms with E-state index in [9.17, 15) is 4.79 Å². The minimum atomic E-state index is -0.361. The van der Waals surface area contributed by atoms with Crippen LogP contribution in [0, 0.1) is 0 Å². The third-order valence-electron chi connectivity index (χ3n) is 4.42. The molecule has 0 fully saturated rings. The molecule has 0 aliphatic rings. The number of thioether (sulfide) groups is 1. The van der Waals surface area contributed by atoms with Gasteiger partial charge in [0.15, 0.2) is 5.82 Å². The quantitative estimate of drug-likeness (QED) is 0.187. The number of ether oxygens (including phenoxy) is 1. The molecule has 0 radical (unpaired) electrons. The van der Waals surface area contributed by atoms with Crippen LogP contribution < -0.4 is 0 Å². The van der Waals surface area contributed by atoms with Gasteiger partial charge in [0, 0.05) is 21.1 Å². The van der Waals surface area contributed by atoms with Gasteiger partial charge in [0.05, 0.1) is 18.4 Å². The van der Waals surface area contributed by atoms with Crippen molar-refractivity contribution in [3.63, 3.8) is 0 Å². The van der Waals surface area contributed by atoms with Crippen LogP contribution in [-0.2, 0) is 10.5 Å². The largest absolute Gasteiger partial charge is 0.465 e. The summed E-state index contributed by atoms with van der Waals surface area (Å²) < 4.78 is 4.93. The van der Waals surface area contributed by atoms with Gasteiger partial charge in [-0.25, -0.2) is 14.8 Å². The molecular formula is C25H20N2O2S2. The van der Waals surface area contributed by atoms with Crippen molar-refractivity contribution in [2.24, 2.45) is 0 Å². The zero-order valence-electron chi connectivity index (χ0n) is 16.9. The predicted octanol–water partition coefficient (Wildman–Crippen LogP) is 6.37. The van der Waals surface area contributed by atoms with E-state index in [1.807, 2.05) is 72.8 Å². The fraction of sp³-hybridized carbons (Fsp3) is 0.0800. The van der Waals surface area contributed by atoms with Gasteiger partial charge in [-0.2, -0.15) is 0 Å². The summed E-state index contributed by atoms with van der Waals surface area (Å²) >= 11 is 3.17. The van der Waals surface area contributed by atoms with Gasteiger partial charge in [0.25, 0.3) is 0 Å². The van der Waals surface area contributed by atoms with Crippen LogP contribution in [0.2, 0.25) is 0 Å². The zero-order chi connectivity index (χ0) is 21.5. The maximum Gasteiger partial charge on any atom is 0.339 e. The van der Waals surface area contributed by atoms with Gasteiger partial charge < -0.3 is 4.74 Å². The Morgan fingerprint density at radius 3 is 2.29 bits per heavy atom. The molecule has 0 spiro atoms. The van der Waals surface area contributed by atoms with Crippen LogP contribution >= 0.6 is 23.5 Å². The summed E-state index contributed by atoms with van der Waals surface area (Å²) in [4.78, 5) is 23.7. The van der Waals surface area contributed by atoms with Crippen molar-refractivity contribution in [1.82, 2.24) is 9.97 Å². The van der Waals surface area contributed by atoms with Crippen LogP contribution in [0.5, 0.6) is 0 Å². The van der Waals surface area contributed by atoms with Crippen LogP contribution in [0.15, 0.2) is 106 Å². The Bertz CT molecular complexity index is 1170. The summed E-state index contributed by atoms with van der Waals surface area (Å²) in [5.74, 6) is 1.03. The third kappa shape index (κ3) is 5.54. The lowest BCUT2D eigenvalue weighted by molar-refractivity contribution is 0.0597. The molecule has 4 rings (SSSR count). The molecule has 0 unspecified atom stereocenters. The first-order valence-electron chi connectivity index (χ1n) is 9.69. The summed E-state index contributed by atoms with van der Waals surface area (Å²) in [6.07, 6.45) is 0. The van der Waals surface area contributed by atoms with E-state index >= 15 is 0 Å². The highest BCUT2D eigenvalue weighted by molar-refractivity contribution is 7.99. The SMILES string of the molecule is COC(=O)c1ccccc1Sc1cc(CSc2ccccc2)nc(-c2ccccc2)n1. The average Bonchev–Trinajstić information content (AvgIpc) is 2.84. The van der Waals surface area contributed by atoms with E-state index in [4.69, 9.17) is 14.7 Å². The number of hydrogen-bond acceptors (Lipinski definition) is 6. The predicted molar refractivity (Wildman–Crippen MR) is 125 cm³/mol. The molecule has 0 saturated heterocycles. The highest BCUT2D eigenvalue weighted by atomic mass is 32.2. The van der Waals surface area contributed by atoms with Crippen LogP contribution in [0.25, 0.3) is 11.4 Å². The normalized spacial score (nSPS) is 10.6. The molecule has 0 aliphatic heterocycles. The van der Waals surface area contributed by atoms with Crippen LogP contribution in [0.1, 0.15) is 16.1 Å². The lowest BCUT2D eigenvalue weighted by Gasteiger charge is -2.10. The molecular weight excluding hydrogens is 424 g/mol. The van der Waals surface area contributed by atoms with Gasteiger partial charge in [0.2, 0.25) is 0 Å². The standard InChI is InChI=1S/C25H20N2O2S2/c1-29-25(28)21-14-8-9-15-22(21)31-23-16-19(17-30-20-12-6-3-7-13-20)26-24(27-23)18-10-4-2-5-11-18/h2-16H,17H2,1H3. The molecule has 3 aromatic carbocycles. The Kier molecular flexibility index (Phi) is 7.02. The van der Waals surface area contributed by atoms with Crippen LogP contribution in [0.4, 0.5) is 0 Å². The molecule has 6 heteroatoms. The van der Waals surface area contributed by atoms with Crippen molar-refractivity contribution in [3.8, 4) is 11.4 Å². The van der Waals surface area contributed by atoms with Gasteiger partial charge >= 0.3 is 5.97 Å². The summed E-state index contributed by atoms with van der Waals surface area (Å²) in [6.45, 7) is 0. The number of hydrogen-bond donors (Lipinski definition) is 0. The third-order valence-corrected chi connectivity index (χ3v) is 6.46. The molecule has 4 aromatic rings. The number of nitrogens with zero attached hydrogens (tertiary/aromatic N) is 2. The molecule has 0 saturated carbocycles. The molecule has 0 atom stereocenters. The Balaban J connectivity index is 1.67. The number of carbonyl (C=O) groups is 1. The van der Waals surface area contributed by atoms with Crippen molar-refractivity contribution in [2.45, 2.75) is 20.6 Å². The van der Waals surface area contributed by atoms with Crippen molar-refractivity contribution >= 4 is 29.5 Å². The molecule has 1 aromatic heterocycles. The van der Waals surface area contributed by atoms with Crippen molar-refractivity contribution < 1.29 is 9.53 Å². The summed E-state index contributed by atoms with van der Waals surface area (Å²) in [5.41, 5.74) is 2.41. The number of esters is 1. The first-order chi connectivity index (χ1) is 15.2. The minimum Gasteiger partial charge on any atom is -0.465 e. The number of rotatable bonds is 7. The lowest BCUT2D eigenvalue weighted by atomic mass is 10.2. The second kappa shape index (κ2) is 10.3. The number of aromatic nitrogens is 2. The topological polar surface area (TPSA) is 52.1 Å². The second-order valence-electron chi connectivity index (χ2n) is 6.58. The lowest BCUT2D eigenvalue weighted by Crippen LogP contribution is -2.03. The van der Waals surface area contributed by atoms with E-state index in [2.05, 4.69) is 12.1 Å². The van der Waals surface area contributed by atoms with E-state index in [1.165, 1.54) is 23.8 Å². The smallest absolute Gasteiger partial charge is 0.339 e. The maximum atomic E-state index is 12.2. The molecule has 0 bridgehead atoms. The van der Waals surface area contributed by atoms with Crippen LogP contribution in [0.3, 0.4) is 0 Å². The molecule has 0 N–H and O–H groups in total. The Hall–Kier alpha value is -3.09. The fourth-order valence-electron chi connectivity index (χ4n) is 2.94. The first-order valence-corrected chi connectivity index (χ1v) is 11.5. The summed E-state index contributed by atoms with van der Waals surface area (Å²) in [7, 11) is 1.39. The highest BCUT2D eigenvalue weighted by Crippen LogP contribution is 2.32. The van der Waals surface area contributed by atoms with E-state index in [-0.39, 0.29) is 5.97 Å². The molecule has 1 heterocycles. The molecule has 4 nitrogen and oxygen atoms in total. The van der Waals surface area contributed by atoms with E-state index in [0.717, 1.165) is 26.9 Å². The van der Waals surface area contributed by atoms with E-state index in [0.29, 0.717) is 11.4 Å². The average molecular weight is 445 g/mol. The summed E-state index contributed by atoms with van der Waals surface area (Å²) in [6, 6.07) is 29.6. The van der Waals surface area contributed by atoms with Crippen molar-refractivity contribution in [2.75, 3.05) is 7.11 Å². The fourth-order valence-corrected chi connectivity index (χ4v) is 4.71. The molecule has 31 heavy (non-hydrogen) atoms. The van der Waals surface area contributed by atoms with E-state index in [1.54, 1.807) is 17.8 Å². The Morgan fingerprint density at radius 2 is 1.55 bits per heavy atom. The summed E-state index contributed by atoms with van der Waals surface area (Å²) in [5, 5.41) is 0.786. The molecule has 154 valence electrons. The van der Waals surface area contributed by atoms with Gasteiger partial charge in [0.1, 0.15) is 5.03 Å². The van der Waals surface area contributed by atoms with Gasteiger partial charge in [-0.1, -0.05) is 72.4 Å². The maximum absolute atomic E-state index is 12.2. The van der Waals surface area contributed by atoms with Gasteiger partial charge in [-0.05, 0) is 30.3 Å². The number of carbonyl (C=O) groups excluding carboxylic acids is 1. The monoisotopic (exact) mass is 444 g/mol. The zero-order valence-corrected chi connectivity index (χ0v) is 18.5. The van der Waals surface area contributed by atoms with Crippen molar-refractivity contribution in [3.05, 3.63) is 102 Å². The number of methoxy groups -OCH3 is 1. The number of benzene rings is 3.